The third-order valence-electron chi connectivity index (χ3n) is 2.95. The Bertz CT molecular complexity index is 359. The van der Waals surface area contributed by atoms with Crippen molar-refractivity contribution in [2.75, 3.05) is 19.7 Å². The predicted octanol–water partition coefficient (Wildman–Crippen LogP) is 2.73. The molecule has 1 unspecified atom stereocenters. The molecular weight excluding hydrogens is 254 g/mol. The highest BCUT2D eigenvalue weighted by Crippen LogP contribution is 2.28. The number of aryl methyl sites for hydroxylation is 1. The van der Waals surface area contributed by atoms with Gasteiger partial charge in [0.2, 0.25) is 0 Å². The van der Waals surface area contributed by atoms with Crippen molar-refractivity contribution in [1.82, 2.24) is 5.32 Å². The zero-order chi connectivity index (χ0) is 10.8. The fourth-order valence-electron chi connectivity index (χ4n) is 1.94. The molecule has 0 aromatic heterocycles. The molecule has 1 aromatic carbocycles. The van der Waals surface area contributed by atoms with Crippen molar-refractivity contribution in [2.45, 2.75) is 20.0 Å². The van der Waals surface area contributed by atoms with Crippen LogP contribution in [0.15, 0.2) is 16.6 Å². The lowest BCUT2D eigenvalue weighted by atomic mass is 9.98. The van der Waals surface area contributed by atoms with Gasteiger partial charge in [-0.1, -0.05) is 15.9 Å². The summed E-state index contributed by atoms with van der Waals surface area (Å²) in [4.78, 5) is 0. The molecule has 1 fully saturated rings. The summed E-state index contributed by atoms with van der Waals surface area (Å²) in [5, 5.41) is 3.36. The summed E-state index contributed by atoms with van der Waals surface area (Å²) in [6.07, 6.45) is 0.204. The molecule has 82 valence electrons. The lowest BCUT2D eigenvalue weighted by Crippen LogP contribution is -2.33. The Morgan fingerprint density at radius 3 is 2.87 bits per heavy atom. The van der Waals surface area contributed by atoms with Gasteiger partial charge in [0.15, 0.2) is 0 Å². The van der Waals surface area contributed by atoms with E-state index in [4.69, 9.17) is 4.74 Å². The SMILES string of the molecule is Cc1cc(Br)cc(C2CNCCO2)c1C. The van der Waals surface area contributed by atoms with Crippen LogP contribution in [0.3, 0.4) is 0 Å². The van der Waals surface area contributed by atoms with Crippen molar-refractivity contribution in [3.8, 4) is 0 Å². The van der Waals surface area contributed by atoms with Crippen LogP contribution in [0.2, 0.25) is 0 Å². The maximum atomic E-state index is 5.77. The van der Waals surface area contributed by atoms with Crippen molar-refractivity contribution >= 4 is 15.9 Å². The fraction of sp³-hybridized carbons (Fsp3) is 0.500. The quantitative estimate of drug-likeness (QED) is 0.847. The van der Waals surface area contributed by atoms with Gasteiger partial charge in [0.05, 0.1) is 12.7 Å². The highest BCUT2D eigenvalue weighted by atomic mass is 79.9. The summed E-state index contributed by atoms with van der Waals surface area (Å²) in [6, 6.07) is 4.31. The smallest absolute Gasteiger partial charge is 0.0952 e. The summed E-state index contributed by atoms with van der Waals surface area (Å²) >= 11 is 3.54. The molecule has 1 aromatic rings. The Balaban J connectivity index is 2.33. The lowest BCUT2D eigenvalue weighted by Gasteiger charge is -2.26. The molecule has 1 N–H and O–H groups in total. The van der Waals surface area contributed by atoms with Crippen LogP contribution >= 0.6 is 15.9 Å². The first-order valence-corrected chi connectivity index (χ1v) is 6.07. The molecule has 15 heavy (non-hydrogen) atoms. The van der Waals surface area contributed by atoms with E-state index in [1.54, 1.807) is 0 Å². The van der Waals surface area contributed by atoms with E-state index < -0.39 is 0 Å². The van der Waals surface area contributed by atoms with Gasteiger partial charge in [-0.15, -0.1) is 0 Å². The van der Waals surface area contributed by atoms with E-state index in [9.17, 15) is 0 Å². The number of nitrogens with one attached hydrogen (secondary N) is 1. The van der Waals surface area contributed by atoms with Gasteiger partial charge in [-0.3, -0.25) is 0 Å². The number of hydrogen-bond donors (Lipinski definition) is 1. The molecule has 1 aliphatic rings. The van der Waals surface area contributed by atoms with Gasteiger partial charge in [-0.2, -0.15) is 0 Å². The predicted molar refractivity (Wildman–Crippen MR) is 65.2 cm³/mol. The Morgan fingerprint density at radius 2 is 2.20 bits per heavy atom. The number of morpholine rings is 1. The molecule has 3 heteroatoms. The van der Waals surface area contributed by atoms with E-state index in [2.05, 4.69) is 47.2 Å². The first-order chi connectivity index (χ1) is 7.18. The van der Waals surface area contributed by atoms with E-state index in [1.165, 1.54) is 16.7 Å². The average molecular weight is 270 g/mol. The van der Waals surface area contributed by atoms with Gasteiger partial charge in [-0.05, 0) is 42.7 Å². The third kappa shape index (κ3) is 2.41. The van der Waals surface area contributed by atoms with Gasteiger partial charge in [0.25, 0.3) is 0 Å². The second-order valence-electron chi connectivity index (χ2n) is 4.00. The van der Waals surface area contributed by atoms with Gasteiger partial charge in [0.1, 0.15) is 0 Å². The van der Waals surface area contributed by atoms with Crippen molar-refractivity contribution in [1.29, 1.82) is 0 Å². The van der Waals surface area contributed by atoms with E-state index in [0.717, 1.165) is 24.2 Å². The van der Waals surface area contributed by atoms with Crippen LogP contribution < -0.4 is 5.32 Å². The minimum atomic E-state index is 0.204. The van der Waals surface area contributed by atoms with Crippen LogP contribution in [0.5, 0.6) is 0 Å². The number of ether oxygens (including phenoxy) is 1. The molecule has 1 atom stereocenters. The van der Waals surface area contributed by atoms with Crippen LogP contribution in [0, 0.1) is 13.8 Å². The summed E-state index contributed by atoms with van der Waals surface area (Å²) < 4.78 is 6.91. The maximum Gasteiger partial charge on any atom is 0.0952 e. The molecule has 0 spiro atoms. The average Bonchev–Trinajstić information content (AvgIpc) is 2.24. The molecule has 2 nitrogen and oxygen atoms in total. The summed E-state index contributed by atoms with van der Waals surface area (Å²) in [6.45, 7) is 6.98. The van der Waals surface area contributed by atoms with Crippen molar-refractivity contribution in [3.05, 3.63) is 33.3 Å². The fourth-order valence-corrected chi connectivity index (χ4v) is 2.53. The molecule has 1 heterocycles. The van der Waals surface area contributed by atoms with Gasteiger partial charge >= 0.3 is 0 Å². The highest BCUT2D eigenvalue weighted by molar-refractivity contribution is 9.10. The number of halogens is 1. The molecule has 2 rings (SSSR count). The van der Waals surface area contributed by atoms with Crippen LogP contribution in [0.1, 0.15) is 22.8 Å². The molecule has 0 aliphatic carbocycles. The molecule has 0 saturated carbocycles. The zero-order valence-electron chi connectivity index (χ0n) is 9.14. The summed E-state index contributed by atoms with van der Waals surface area (Å²) in [5.74, 6) is 0. The first kappa shape index (κ1) is 11.1. The molecule has 0 amide bonds. The van der Waals surface area contributed by atoms with Gasteiger partial charge in [0, 0.05) is 17.6 Å². The van der Waals surface area contributed by atoms with Crippen LogP contribution in [-0.4, -0.2) is 19.7 Å². The molecule has 0 radical (unpaired) electrons. The zero-order valence-corrected chi connectivity index (χ0v) is 10.7. The molecule has 0 bridgehead atoms. The minimum absolute atomic E-state index is 0.204. The normalized spacial score (nSPS) is 21.7. The Labute approximate surface area is 99.1 Å². The van der Waals surface area contributed by atoms with Crippen LogP contribution in [0.4, 0.5) is 0 Å². The lowest BCUT2D eigenvalue weighted by molar-refractivity contribution is 0.0272. The largest absolute Gasteiger partial charge is 0.371 e. The Morgan fingerprint density at radius 1 is 1.40 bits per heavy atom. The van der Waals surface area contributed by atoms with Crippen LogP contribution in [-0.2, 0) is 4.74 Å². The summed E-state index contributed by atoms with van der Waals surface area (Å²) in [7, 11) is 0. The number of benzene rings is 1. The maximum absolute atomic E-state index is 5.77. The Kier molecular flexibility index (Phi) is 3.44. The molecule has 1 aliphatic heterocycles. The molecule has 1 saturated heterocycles. The minimum Gasteiger partial charge on any atom is -0.371 e. The van der Waals surface area contributed by atoms with E-state index in [-0.39, 0.29) is 6.10 Å². The molecular formula is C12H16BrNO. The monoisotopic (exact) mass is 269 g/mol. The van der Waals surface area contributed by atoms with Crippen molar-refractivity contribution < 1.29 is 4.74 Å². The van der Waals surface area contributed by atoms with E-state index in [0.29, 0.717) is 0 Å². The third-order valence-corrected chi connectivity index (χ3v) is 3.40. The highest BCUT2D eigenvalue weighted by Gasteiger charge is 2.18. The van der Waals surface area contributed by atoms with Crippen LogP contribution in [0.25, 0.3) is 0 Å². The number of hydrogen-bond acceptors (Lipinski definition) is 2. The van der Waals surface area contributed by atoms with Gasteiger partial charge < -0.3 is 10.1 Å². The second-order valence-corrected chi connectivity index (χ2v) is 4.92. The van der Waals surface area contributed by atoms with E-state index >= 15 is 0 Å². The topological polar surface area (TPSA) is 21.3 Å². The standard InChI is InChI=1S/C12H16BrNO/c1-8-5-10(13)6-11(9(8)2)12-7-14-3-4-15-12/h5-6,12,14H,3-4,7H2,1-2H3. The van der Waals surface area contributed by atoms with Gasteiger partial charge in [-0.25, -0.2) is 0 Å². The van der Waals surface area contributed by atoms with E-state index in [1.807, 2.05) is 0 Å². The Hall–Kier alpha value is -0.380. The first-order valence-electron chi connectivity index (χ1n) is 5.27. The number of rotatable bonds is 1. The summed E-state index contributed by atoms with van der Waals surface area (Å²) in [5.41, 5.74) is 3.95. The van der Waals surface area contributed by atoms with Crippen molar-refractivity contribution in [3.63, 3.8) is 0 Å². The second kappa shape index (κ2) is 4.64. The van der Waals surface area contributed by atoms with Crippen molar-refractivity contribution in [2.24, 2.45) is 0 Å².